The zero-order chi connectivity index (χ0) is 12.9. The second-order valence-electron chi connectivity index (χ2n) is 5.78. The first-order valence-corrected chi connectivity index (χ1v) is 10.0. The molecule has 0 aliphatic heterocycles. The molecule has 0 fully saturated rings. The summed E-state index contributed by atoms with van der Waals surface area (Å²) in [4.78, 5) is 0. The third-order valence-corrected chi connectivity index (χ3v) is 8.92. The molecule has 0 unspecified atom stereocenters. The van der Waals surface area contributed by atoms with E-state index < -0.39 is 8.07 Å². The molecule has 2 heteroatoms. The van der Waals surface area contributed by atoms with Gasteiger partial charge in [0, 0.05) is 0 Å². The van der Waals surface area contributed by atoms with Crippen molar-refractivity contribution in [3.63, 3.8) is 0 Å². The number of phenolic OH excluding ortho intramolecular Hbond substituents is 1. The van der Waals surface area contributed by atoms with Crippen molar-refractivity contribution in [1.82, 2.24) is 0 Å². The highest BCUT2D eigenvalue weighted by molar-refractivity contribution is 6.78. The van der Waals surface area contributed by atoms with Crippen LogP contribution in [0.4, 0.5) is 0 Å². The van der Waals surface area contributed by atoms with Gasteiger partial charge in [-0.25, -0.2) is 0 Å². The number of aromatic hydroxyl groups is 1. The summed E-state index contributed by atoms with van der Waals surface area (Å²) in [7, 11) is -1.06. The molecule has 1 rings (SSSR count). The van der Waals surface area contributed by atoms with E-state index in [1.54, 1.807) is 6.07 Å². The highest BCUT2D eigenvalue weighted by Gasteiger charge is 2.26. The quantitative estimate of drug-likeness (QED) is 0.717. The van der Waals surface area contributed by atoms with E-state index in [4.69, 9.17) is 0 Å². The fourth-order valence-electron chi connectivity index (χ4n) is 2.26. The van der Waals surface area contributed by atoms with E-state index in [1.165, 1.54) is 18.9 Å². The summed E-state index contributed by atoms with van der Waals surface area (Å²) in [5.74, 6) is 0.454. The zero-order valence-electron chi connectivity index (χ0n) is 11.7. The van der Waals surface area contributed by atoms with Gasteiger partial charge in [0.05, 0.1) is 8.07 Å². The van der Waals surface area contributed by atoms with Crippen LogP contribution in [-0.4, -0.2) is 13.2 Å². The molecule has 0 aromatic heterocycles. The van der Waals surface area contributed by atoms with Gasteiger partial charge in [-0.3, -0.25) is 0 Å². The van der Waals surface area contributed by atoms with Gasteiger partial charge in [-0.1, -0.05) is 64.0 Å². The highest BCUT2D eigenvalue weighted by Crippen LogP contribution is 2.30. The van der Waals surface area contributed by atoms with Crippen LogP contribution < -0.4 is 0 Å². The fraction of sp³-hybridized carbons (Fsp3) is 0.600. The number of benzene rings is 1. The van der Waals surface area contributed by atoms with Crippen LogP contribution in [0.25, 0.3) is 0 Å². The molecule has 17 heavy (non-hydrogen) atoms. The Morgan fingerprint density at radius 3 is 2.47 bits per heavy atom. The summed E-state index contributed by atoms with van der Waals surface area (Å²) in [6.07, 6.45) is 3.52. The molecule has 1 N–H and O–H groups in total. The lowest BCUT2D eigenvalue weighted by atomic mass is 10.1. The van der Waals surface area contributed by atoms with Gasteiger partial charge in [-0.15, -0.1) is 0 Å². The molecule has 1 nitrogen and oxygen atoms in total. The van der Waals surface area contributed by atoms with Crippen molar-refractivity contribution >= 4 is 8.07 Å². The second-order valence-corrected chi connectivity index (χ2v) is 11.2. The number of aryl methyl sites for hydroxylation is 1. The maximum atomic E-state index is 9.71. The Labute approximate surface area is 107 Å². The van der Waals surface area contributed by atoms with Crippen molar-refractivity contribution in [2.45, 2.75) is 57.8 Å². The molecule has 1 aromatic rings. The summed E-state index contributed by atoms with van der Waals surface area (Å²) in [5.41, 5.74) is 1.99. The van der Waals surface area contributed by atoms with Crippen molar-refractivity contribution in [3.8, 4) is 5.75 Å². The van der Waals surface area contributed by atoms with Gasteiger partial charge >= 0.3 is 0 Å². The Kier molecular flexibility index (Phi) is 5.25. The highest BCUT2D eigenvalue weighted by atomic mass is 28.3. The minimum absolute atomic E-state index is 0.454. The average Bonchev–Trinajstić information content (AvgIpc) is 2.30. The third kappa shape index (κ3) is 4.19. The second kappa shape index (κ2) is 6.25. The molecule has 1 aromatic carbocycles. The van der Waals surface area contributed by atoms with Crippen LogP contribution in [0.15, 0.2) is 24.3 Å². The van der Waals surface area contributed by atoms with Gasteiger partial charge in [0.2, 0.25) is 0 Å². The Morgan fingerprint density at radius 2 is 1.88 bits per heavy atom. The van der Waals surface area contributed by atoms with Gasteiger partial charge in [0.25, 0.3) is 0 Å². The molecular weight excluding hydrogens is 224 g/mol. The first kappa shape index (κ1) is 14.3. The Balaban J connectivity index is 2.45. The molecule has 0 spiro atoms. The maximum absolute atomic E-state index is 9.71. The van der Waals surface area contributed by atoms with Crippen LogP contribution in [0.3, 0.4) is 0 Å². The minimum atomic E-state index is -1.06. The van der Waals surface area contributed by atoms with E-state index in [9.17, 15) is 5.11 Å². The standard InChI is InChI=1S/C15H26OSi/c1-5-13(2)17(3,4)12-8-10-14-9-6-7-11-15(14)16/h6-7,9,11,13,16H,5,8,10,12H2,1-4H3/t13-/m1/s1. The van der Waals surface area contributed by atoms with Crippen molar-refractivity contribution in [3.05, 3.63) is 29.8 Å². The smallest absolute Gasteiger partial charge is 0.118 e. The summed E-state index contributed by atoms with van der Waals surface area (Å²) in [5, 5.41) is 9.71. The van der Waals surface area contributed by atoms with Gasteiger partial charge in [-0.05, 0) is 23.6 Å². The van der Waals surface area contributed by atoms with Crippen LogP contribution in [0, 0.1) is 0 Å². The minimum Gasteiger partial charge on any atom is -0.508 e. The molecule has 0 amide bonds. The predicted molar refractivity (Wildman–Crippen MR) is 78.4 cm³/mol. The van der Waals surface area contributed by atoms with Gasteiger partial charge in [-0.2, -0.15) is 0 Å². The van der Waals surface area contributed by atoms with Crippen LogP contribution in [0.2, 0.25) is 24.7 Å². The third-order valence-electron chi connectivity index (χ3n) is 4.21. The summed E-state index contributed by atoms with van der Waals surface area (Å²) < 4.78 is 0. The van der Waals surface area contributed by atoms with Crippen molar-refractivity contribution in [2.75, 3.05) is 0 Å². The van der Waals surface area contributed by atoms with E-state index in [0.717, 1.165) is 17.5 Å². The largest absolute Gasteiger partial charge is 0.508 e. The van der Waals surface area contributed by atoms with Gasteiger partial charge in [0.1, 0.15) is 5.75 Å². The molecule has 0 radical (unpaired) electrons. The van der Waals surface area contributed by atoms with E-state index >= 15 is 0 Å². The summed E-state index contributed by atoms with van der Waals surface area (Å²) in [6, 6.07) is 9.07. The van der Waals surface area contributed by atoms with Crippen molar-refractivity contribution < 1.29 is 5.11 Å². The molecule has 1 atom stereocenters. The number of rotatable bonds is 6. The SMILES string of the molecule is CC[C@@H](C)[Si](C)(C)CCCc1ccccc1O. The molecule has 0 aliphatic carbocycles. The topological polar surface area (TPSA) is 20.2 Å². The predicted octanol–water partition coefficient (Wildman–Crippen LogP) is 4.83. The Morgan fingerprint density at radius 1 is 1.24 bits per heavy atom. The normalized spacial score (nSPS) is 13.6. The average molecular weight is 250 g/mol. The number of phenols is 1. The van der Waals surface area contributed by atoms with Crippen molar-refractivity contribution in [1.29, 1.82) is 0 Å². The molecule has 96 valence electrons. The number of para-hydroxylation sites is 1. The molecule has 0 saturated heterocycles. The van der Waals surface area contributed by atoms with Crippen LogP contribution in [0.1, 0.15) is 32.3 Å². The lowest BCUT2D eigenvalue weighted by Crippen LogP contribution is -2.30. The van der Waals surface area contributed by atoms with Crippen LogP contribution in [-0.2, 0) is 6.42 Å². The van der Waals surface area contributed by atoms with Crippen LogP contribution in [0.5, 0.6) is 5.75 Å². The zero-order valence-corrected chi connectivity index (χ0v) is 12.7. The van der Waals surface area contributed by atoms with E-state index in [1.807, 2.05) is 18.2 Å². The number of hydrogen-bond acceptors (Lipinski definition) is 1. The first-order valence-electron chi connectivity index (χ1n) is 6.74. The number of hydrogen-bond donors (Lipinski definition) is 1. The fourth-order valence-corrected chi connectivity index (χ4v) is 4.94. The summed E-state index contributed by atoms with van der Waals surface area (Å²) >= 11 is 0. The van der Waals surface area contributed by atoms with Gasteiger partial charge < -0.3 is 5.11 Å². The van der Waals surface area contributed by atoms with E-state index in [2.05, 4.69) is 26.9 Å². The monoisotopic (exact) mass is 250 g/mol. The maximum Gasteiger partial charge on any atom is 0.118 e. The Hall–Kier alpha value is -0.763. The first-order chi connectivity index (χ1) is 7.97. The molecule has 0 aliphatic rings. The summed E-state index contributed by atoms with van der Waals surface area (Å²) in [6.45, 7) is 9.67. The van der Waals surface area contributed by atoms with E-state index in [0.29, 0.717) is 5.75 Å². The van der Waals surface area contributed by atoms with Crippen LogP contribution >= 0.6 is 0 Å². The lowest BCUT2D eigenvalue weighted by Gasteiger charge is -2.29. The van der Waals surface area contributed by atoms with E-state index in [-0.39, 0.29) is 0 Å². The molecule has 0 heterocycles. The van der Waals surface area contributed by atoms with Crippen molar-refractivity contribution in [2.24, 2.45) is 0 Å². The van der Waals surface area contributed by atoms with Gasteiger partial charge in [0.15, 0.2) is 0 Å². The Bertz CT molecular complexity index is 347. The molecule has 0 bridgehead atoms. The molecule has 0 saturated carbocycles. The molecular formula is C15H26OSi. The lowest BCUT2D eigenvalue weighted by molar-refractivity contribution is 0.467.